The Morgan fingerprint density at radius 1 is 1.09 bits per heavy atom. The highest BCUT2D eigenvalue weighted by atomic mass is 16.3. The molecule has 0 heterocycles. The molecule has 0 radical (unpaired) electrons. The van der Waals surface area contributed by atoms with Crippen LogP contribution in [0.1, 0.15) is 111 Å². The lowest BCUT2D eigenvalue weighted by Gasteiger charge is -2.45. The van der Waals surface area contributed by atoms with Crippen molar-refractivity contribution in [3.8, 4) is 0 Å². The quantitative estimate of drug-likeness (QED) is 0.397. The number of aliphatic hydroxyl groups excluding tert-OH is 2. The van der Waals surface area contributed by atoms with Gasteiger partial charge in [0.25, 0.3) is 0 Å². The maximum atomic E-state index is 11.1. The van der Waals surface area contributed by atoms with Crippen molar-refractivity contribution in [2.45, 2.75) is 129 Å². The van der Waals surface area contributed by atoms with Crippen LogP contribution in [-0.2, 0) is 0 Å². The summed E-state index contributed by atoms with van der Waals surface area (Å²) in [6.07, 6.45) is 17.6. The SMILES string of the molecule is C=C1/C(=C\C=C2/CCC[C@]3(C)[C@@H]([C@H](C)CCCC(C)(C)O)CC[C@@H]23)C[C@@H](O)C2(CCCC2)[C@@H]1O. The molecule has 0 amide bonds. The first-order chi connectivity index (χ1) is 16.0. The Morgan fingerprint density at radius 2 is 1.79 bits per heavy atom. The van der Waals surface area contributed by atoms with Crippen molar-refractivity contribution in [3.63, 3.8) is 0 Å². The summed E-state index contributed by atoms with van der Waals surface area (Å²) in [7, 11) is 0. The van der Waals surface area contributed by atoms with E-state index in [0.29, 0.717) is 23.7 Å². The Morgan fingerprint density at radius 3 is 2.47 bits per heavy atom. The van der Waals surface area contributed by atoms with Crippen molar-refractivity contribution in [1.29, 1.82) is 0 Å². The summed E-state index contributed by atoms with van der Waals surface area (Å²) in [5.41, 5.74) is 2.92. The minimum absolute atomic E-state index is 0.356. The zero-order chi connectivity index (χ0) is 24.7. The van der Waals surface area contributed by atoms with Gasteiger partial charge in [-0.3, -0.25) is 0 Å². The first-order valence-corrected chi connectivity index (χ1v) is 14.2. The zero-order valence-corrected chi connectivity index (χ0v) is 22.3. The Kier molecular flexibility index (Phi) is 7.59. The van der Waals surface area contributed by atoms with Crippen molar-refractivity contribution in [1.82, 2.24) is 0 Å². The molecule has 1 spiro atoms. The van der Waals surface area contributed by atoms with Gasteiger partial charge in [-0.2, -0.15) is 0 Å². The minimum atomic E-state index is -0.611. The summed E-state index contributed by atoms with van der Waals surface area (Å²) in [4.78, 5) is 0. The summed E-state index contributed by atoms with van der Waals surface area (Å²) < 4.78 is 0. The molecular formula is C31H50O3. The molecule has 0 aromatic carbocycles. The number of fused-ring (bicyclic) bond motifs is 1. The molecule has 0 aromatic heterocycles. The number of allylic oxidation sites excluding steroid dienone is 3. The van der Waals surface area contributed by atoms with Crippen molar-refractivity contribution in [3.05, 3.63) is 35.5 Å². The second kappa shape index (κ2) is 9.87. The van der Waals surface area contributed by atoms with E-state index >= 15 is 0 Å². The van der Waals surface area contributed by atoms with Crippen LogP contribution in [0.5, 0.6) is 0 Å². The largest absolute Gasteiger partial charge is 0.392 e. The first-order valence-electron chi connectivity index (χ1n) is 14.2. The predicted octanol–water partition coefficient (Wildman–Crippen LogP) is 6.88. The number of hydrogen-bond acceptors (Lipinski definition) is 3. The highest BCUT2D eigenvalue weighted by Gasteiger charge is 2.52. The van der Waals surface area contributed by atoms with Crippen LogP contribution >= 0.6 is 0 Å². The standard InChI is InChI=1S/C31H50O3/c1-21(10-8-16-29(3,4)34)25-14-15-26-23(11-9-17-30(25,26)5)12-13-24-20-27(32)31(18-6-7-19-31)28(33)22(24)2/h12-13,21,25-28,32-34H,2,6-11,14-20H2,1,3-5H3/b23-12+,24-13-/t21-,25-,26+,27-,28-,30-/m1/s1. The summed E-state index contributed by atoms with van der Waals surface area (Å²) in [6.45, 7) is 13.1. The van der Waals surface area contributed by atoms with Crippen LogP contribution in [0.4, 0.5) is 0 Å². The molecule has 3 nitrogen and oxygen atoms in total. The van der Waals surface area contributed by atoms with E-state index in [2.05, 4.69) is 32.6 Å². The maximum Gasteiger partial charge on any atom is 0.0868 e. The monoisotopic (exact) mass is 470 g/mol. The van der Waals surface area contributed by atoms with E-state index in [1.165, 1.54) is 38.5 Å². The lowest BCUT2D eigenvalue weighted by molar-refractivity contribution is -0.0604. The van der Waals surface area contributed by atoms with Crippen molar-refractivity contribution in [2.24, 2.45) is 28.6 Å². The van der Waals surface area contributed by atoms with Crippen molar-refractivity contribution >= 4 is 0 Å². The molecule has 0 bridgehead atoms. The van der Waals surface area contributed by atoms with Gasteiger partial charge in [0.1, 0.15) is 0 Å². The maximum absolute atomic E-state index is 11.1. The Labute approximate surface area is 208 Å². The van der Waals surface area contributed by atoms with Gasteiger partial charge < -0.3 is 15.3 Å². The van der Waals surface area contributed by atoms with Crippen molar-refractivity contribution < 1.29 is 15.3 Å². The molecule has 3 heteroatoms. The second-order valence-corrected chi connectivity index (χ2v) is 13.3. The second-order valence-electron chi connectivity index (χ2n) is 13.3. The first kappa shape index (κ1) is 26.2. The molecule has 4 aliphatic rings. The molecule has 4 rings (SSSR count). The van der Waals surface area contributed by atoms with Gasteiger partial charge in [-0.1, -0.05) is 63.8 Å². The number of rotatable bonds is 6. The lowest BCUT2D eigenvalue weighted by atomic mass is 9.60. The molecule has 0 aliphatic heterocycles. The molecule has 3 N–H and O–H groups in total. The van der Waals surface area contributed by atoms with Gasteiger partial charge in [0.15, 0.2) is 0 Å². The third-order valence-electron chi connectivity index (χ3n) is 10.6. The highest BCUT2D eigenvalue weighted by Crippen LogP contribution is 2.60. The van der Waals surface area contributed by atoms with Crippen LogP contribution in [0.3, 0.4) is 0 Å². The molecule has 0 aromatic rings. The van der Waals surface area contributed by atoms with Crippen LogP contribution in [-0.4, -0.2) is 33.1 Å². The molecule has 0 saturated heterocycles. The molecule has 4 saturated carbocycles. The van der Waals surface area contributed by atoms with Gasteiger partial charge in [0, 0.05) is 5.41 Å². The fourth-order valence-electron chi connectivity index (χ4n) is 8.54. The molecule has 6 atom stereocenters. The zero-order valence-electron chi connectivity index (χ0n) is 22.3. The Hall–Kier alpha value is -0.900. The lowest BCUT2D eigenvalue weighted by Crippen LogP contribution is -2.48. The van der Waals surface area contributed by atoms with E-state index in [0.717, 1.165) is 55.6 Å². The molecular weight excluding hydrogens is 420 g/mol. The third kappa shape index (κ3) is 4.87. The van der Waals surface area contributed by atoms with Crippen molar-refractivity contribution in [2.75, 3.05) is 0 Å². The summed E-state index contributed by atoms with van der Waals surface area (Å²) in [5.74, 6) is 2.10. The van der Waals surface area contributed by atoms with Gasteiger partial charge >= 0.3 is 0 Å². The van der Waals surface area contributed by atoms with Crippen LogP contribution in [0, 0.1) is 28.6 Å². The molecule has 0 unspecified atom stereocenters. The third-order valence-corrected chi connectivity index (χ3v) is 10.6. The fraction of sp³-hybridized carbons (Fsp3) is 0.806. The smallest absolute Gasteiger partial charge is 0.0868 e. The average molecular weight is 471 g/mol. The minimum Gasteiger partial charge on any atom is -0.392 e. The van der Waals surface area contributed by atoms with Gasteiger partial charge in [0.2, 0.25) is 0 Å². The molecule has 192 valence electrons. The van der Waals surface area contributed by atoms with Crippen LogP contribution in [0.25, 0.3) is 0 Å². The van der Waals surface area contributed by atoms with Crippen LogP contribution in [0.2, 0.25) is 0 Å². The molecule has 4 fully saturated rings. The average Bonchev–Trinajstić information content (AvgIpc) is 3.39. The van der Waals surface area contributed by atoms with E-state index in [4.69, 9.17) is 0 Å². The van der Waals surface area contributed by atoms with E-state index in [-0.39, 0.29) is 5.41 Å². The number of hydrogen-bond donors (Lipinski definition) is 3. The summed E-state index contributed by atoms with van der Waals surface area (Å²) in [5, 5.41) is 32.2. The van der Waals surface area contributed by atoms with Gasteiger partial charge in [0.05, 0.1) is 17.8 Å². The van der Waals surface area contributed by atoms with Crippen LogP contribution in [0.15, 0.2) is 35.5 Å². The topological polar surface area (TPSA) is 60.7 Å². The summed E-state index contributed by atoms with van der Waals surface area (Å²) in [6, 6.07) is 0. The normalized spacial score (nSPS) is 39.2. The van der Waals surface area contributed by atoms with E-state index in [1.807, 2.05) is 13.8 Å². The van der Waals surface area contributed by atoms with E-state index in [1.54, 1.807) is 5.57 Å². The van der Waals surface area contributed by atoms with E-state index in [9.17, 15) is 15.3 Å². The predicted molar refractivity (Wildman–Crippen MR) is 140 cm³/mol. The fourth-order valence-corrected chi connectivity index (χ4v) is 8.54. The summed E-state index contributed by atoms with van der Waals surface area (Å²) >= 11 is 0. The highest BCUT2D eigenvalue weighted by molar-refractivity contribution is 5.41. The molecule has 4 aliphatic carbocycles. The van der Waals surface area contributed by atoms with Gasteiger partial charge in [-0.05, 0) is 106 Å². The van der Waals surface area contributed by atoms with E-state index < -0.39 is 17.8 Å². The molecule has 34 heavy (non-hydrogen) atoms. The Balaban J connectivity index is 1.46. The number of aliphatic hydroxyl groups is 3. The van der Waals surface area contributed by atoms with Gasteiger partial charge in [-0.25, -0.2) is 0 Å². The van der Waals surface area contributed by atoms with Crippen LogP contribution < -0.4 is 0 Å². The Bertz CT molecular complexity index is 809. The van der Waals surface area contributed by atoms with Gasteiger partial charge in [-0.15, -0.1) is 0 Å².